The third-order valence-electron chi connectivity index (χ3n) is 3.28. The lowest BCUT2D eigenvalue weighted by Gasteiger charge is -2.05. The van der Waals surface area contributed by atoms with Crippen LogP contribution < -0.4 is 5.32 Å². The van der Waals surface area contributed by atoms with Crippen LogP contribution in [0, 0.1) is 19.7 Å². The fourth-order valence-corrected chi connectivity index (χ4v) is 2.54. The first kappa shape index (κ1) is 16.3. The SMILES string of the molecule is Cc1ccc(NC(=O)CSc2nnc(-c3ccoc3C)o2)cc1F. The van der Waals surface area contributed by atoms with E-state index in [4.69, 9.17) is 8.83 Å². The highest BCUT2D eigenvalue weighted by Crippen LogP contribution is 2.26. The zero-order valence-electron chi connectivity index (χ0n) is 13.0. The summed E-state index contributed by atoms with van der Waals surface area (Å²) in [5.74, 6) is 0.431. The minimum absolute atomic E-state index is 0.0709. The predicted molar refractivity (Wildman–Crippen MR) is 87.2 cm³/mol. The molecular formula is C16H14FN3O3S. The van der Waals surface area contributed by atoms with Crippen LogP contribution in [0.3, 0.4) is 0 Å². The number of thioether (sulfide) groups is 1. The Hall–Kier alpha value is -2.61. The molecule has 1 aromatic carbocycles. The predicted octanol–water partition coefficient (Wildman–Crippen LogP) is 3.82. The van der Waals surface area contributed by atoms with Gasteiger partial charge >= 0.3 is 0 Å². The number of rotatable bonds is 5. The molecule has 8 heteroatoms. The monoisotopic (exact) mass is 347 g/mol. The van der Waals surface area contributed by atoms with Crippen LogP contribution in [0.1, 0.15) is 11.3 Å². The zero-order chi connectivity index (χ0) is 17.1. The molecule has 0 unspecified atom stereocenters. The molecule has 3 aromatic rings. The third-order valence-corrected chi connectivity index (χ3v) is 4.10. The van der Waals surface area contributed by atoms with Crippen LogP contribution in [0.5, 0.6) is 0 Å². The highest BCUT2D eigenvalue weighted by Gasteiger charge is 2.14. The van der Waals surface area contributed by atoms with Gasteiger partial charge in [0, 0.05) is 5.69 Å². The summed E-state index contributed by atoms with van der Waals surface area (Å²) in [5.41, 5.74) is 1.65. The summed E-state index contributed by atoms with van der Waals surface area (Å²) in [6.07, 6.45) is 1.54. The molecule has 0 aliphatic carbocycles. The van der Waals surface area contributed by atoms with Gasteiger partial charge in [-0.3, -0.25) is 4.79 Å². The second-order valence-corrected chi connectivity index (χ2v) is 5.99. The van der Waals surface area contributed by atoms with Gasteiger partial charge in [-0.25, -0.2) is 4.39 Å². The van der Waals surface area contributed by atoms with Gasteiger partial charge in [-0.15, -0.1) is 10.2 Å². The van der Waals surface area contributed by atoms with Crippen molar-refractivity contribution in [3.05, 3.63) is 47.7 Å². The molecule has 0 saturated heterocycles. The quantitative estimate of drug-likeness (QED) is 0.707. The van der Waals surface area contributed by atoms with Gasteiger partial charge in [0.25, 0.3) is 11.1 Å². The van der Waals surface area contributed by atoms with Gasteiger partial charge in [-0.1, -0.05) is 17.8 Å². The van der Waals surface area contributed by atoms with Crippen LogP contribution in [0.25, 0.3) is 11.5 Å². The van der Waals surface area contributed by atoms with Crippen molar-refractivity contribution in [2.24, 2.45) is 0 Å². The van der Waals surface area contributed by atoms with Crippen molar-refractivity contribution in [1.82, 2.24) is 10.2 Å². The second-order valence-electron chi connectivity index (χ2n) is 5.06. The van der Waals surface area contributed by atoms with E-state index >= 15 is 0 Å². The summed E-state index contributed by atoms with van der Waals surface area (Å²) in [6, 6.07) is 6.27. The number of carbonyl (C=O) groups excluding carboxylic acids is 1. The Morgan fingerprint density at radius 1 is 1.29 bits per heavy atom. The van der Waals surface area contributed by atoms with E-state index in [1.165, 1.54) is 12.3 Å². The molecule has 6 nitrogen and oxygen atoms in total. The molecule has 3 rings (SSSR count). The maximum Gasteiger partial charge on any atom is 0.277 e. The van der Waals surface area contributed by atoms with Crippen molar-refractivity contribution in [2.75, 3.05) is 11.1 Å². The maximum atomic E-state index is 13.5. The number of nitrogens with zero attached hydrogens (tertiary/aromatic N) is 2. The fourth-order valence-electron chi connectivity index (χ4n) is 1.98. The number of furan rings is 1. The Balaban J connectivity index is 1.57. The van der Waals surface area contributed by atoms with E-state index in [1.54, 1.807) is 32.0 Å². The van der Waals surface area contributed by atoms with E-state index in [-0.39, 0.29) is 22.7 Å². The smallest absolute Gasteiger partial charge is 0.277 e. The molecule has 24 heavy (non-hydrogen) atoms. The van der Waals surface area contributed by atoms with Crippen LogP contribution in [-0.4, -0.2) is 21.9 Å². The lowest BCUT2D eigenvalue weighted by molar-refractivity contribution is -0.113. The molecule has 1 N–H and O–H groups in total. The number of halogens is 1. The lowest BCUT2D eigenvalue weighted by atomic mass is 10.2. The van der Waals surface area contributed by atoms with Crippen molar-refractivity contribution < 1.29 is 18.0 Å². The van der Waals surface area contributed by atoms with Gasteiger partial charge in [0.15, 0.2) is 0 Å². The second kappa shape index (κ2) is 6.88. The third kappa shape index (κ3) is 3.65. The number of hydrogen-bond acceptors (Lipinski definition) is 6. The molecule has 0 radical (unpaired) electrons. The Morgan fingerprint density at radius 2 is 2.12 bits per heavy atom. The Bertz CT molecular complexity index is 875. The molecule has 0 fully saturated rings. The van der Waals surface area contributed by atoms with E-state index in [0.29, 0.717) is 28.5 Å². The number of nitrogens with one attached hydrogen (secondary N) is 1. The fraction of sp³-hybridized carbons (Fsp3) is 0.188. The number of benzene rings is 1. The van der Waals surface area contributed by atoms with Crippen LogP contribution in [0.4, 0.5) is 10.1 Å². The summed E-state index contributed by atoms with van der Waals surface area (Å²) in [5, 5.41) is 10.7. The zero-order valence-corrected chi connectivity index (χ0v) is 13.8. The van der Waals surface area contributed by atoms with Gasteiger partial charge in [0.05, 0.1) is 17.6 Å². The van der Waals surface area contributed by atoms with Crippen molar-refractivity contribution in [3.63, 3.8) is 0 Å². The minimum Gasteiger partial charge on any atom is -0.469 e. The molecule has 0 bridgehead atoms. The number of aryl methyl sites for hydroxylation is 2. The minimum atomic E-state index is -0.363. The van der Waals surface area contributed by atoms with E-state index in [2.05, 4.69) is 15.5 Å². The highest BCUT2D eigenvalue weighted by atomic mass is 32.2. The van der Waals surface area contributed by atoms with Crippen molar-refractivity contribution in [3.8, 4) is 11.5 Å². The highest BCUT2D eigenvalue weighted by molar-refractivity contribution is 7.99. The van der Waals surface area contributed by atoms with Gasteiger partial charge in [0.2, 0.25) is 5.91 Å². The molecule has 1 amide bonds. The van der Waals surface area contributed by atoms with Gasteiger partial charge in [-0.05, 0) is 37.6 Å². The van der Waals surface area contributed by atoms with Crippen LogP contribution in [-0.2, 0) is 4.79 Å². The molecule has 0 atom stereocenters. The Morgan fingerprint density at radius 3 is 2.83 bits per heavy atom. The Kier molecular flexibility index (Phi) is 4.66. The number of hydrogen-bond donors (Lipinski definition) is 1. The van der Waals surface area contributed by atoms with Crippen LogP contribution in [0.15, 0.2) is 44.6 Å². The van der Waals surface area contributed by atoms with Gasteiger partial charge < -0.3 is 14.2 Å². The lowest BCUT2D eigenvalue weighted by Crippen LogP contribution is -2.14. The molecule has 0 aliphatic rings. The standard InChI is InChI=1S/C16H14FN3O3S/c1-9-3-4-11(7-13(9)17)18-14(21)8-24-16-20-19-15(23-16)12-5-6-22-10(12)2/h3-7H,8H2,1-2H3,(H,18,21). The number of aromatic nitrogens is 2. The van der Waals surface area contributed by atoms with Crippen molar-refractivity contribution >= 4 is 23.4 Å². The topological polar surface area (TPSA) is 81.2 Å². The van der Waals surface area contributed by atoms with Crippen molar-refractivity contribution in [2.45, 2.75) is 19.1 Å². The average molecular weight is 347 g/mol. The maximum absolute atomic E-state index is 13.5. The summed E-state index contributed by atoms with van der Waals surface area (Å²) in [7, 11) is 0. The first-order chi connectivity index (χ1) is 11.5. The molecular weight excluding hydrogens is 333 g/mol. The average Bonchev–Trinajstić information content (AvgIpc) is 3.17. The Labute approximate surface area is 141 Å². The number of carbonyl (C=O) groups is 1. The van der Waals surface area contributed by atoms with E-state index in [0.717, 1.165) is 11.8 Å². The van der Waals surface area contributed by atoms with E-state index < -0.39 is 0 Å². The molecule has 2 aromatic heterocycles. The van der Waals surface area contributed by atoms with E-state index in [9.17, 15) is 9.18 Å². The summed E-state index contributed by atoms with van der Waals surface area (Å²) in [4.78, 5) is 11.9. The molecule has 2 heterocycles. The molecule has 0 saturated carbocycles. The molecule has 0 aliphatic heterocycles. The normalized spacial score (nSPS) is 10.8. The summed E-state index contributed by atoms with van der Waals surface area (Å²) < 4.78 is 24.1. The van der Waals surface area contributed by atoms with Gasteiger partial charge in [-0.2, -0.15) is 0 Å². The largest absolute Gasteiger partial charge is 0.469 e. The molecule has 124 valence electrons. The van der Waals surface area contributed by atoms with Crippen LogP contribution >= 0.6 is 11.8 Å². The van der Waals surface area contributed by atoms with E-state index in [1.807, 2.05) is 0 Å². The first-order valence-electron chi connectivity index (χ1n) is 7.09. The number of amides is 1. The first-order valence-corrected chi connectivity index (χ1v) is 8.08. The van der Waals surface area contributed by atoms with Crippen molar-refractivity contribution in [1.29, 1.82) is 0 Å². The molecule has 0 spiro atoms. The van der Waals surface area contributed by atoms with Gasteiger partial charge in [0.1, 0.15) is 11.6 Å². The summed E-state index contributed by atoms with van der Waals surface area (Å²) in [6.45, 7) is 3.45. The number of anilines is 1. The summed E-state index contributed by atoms with van der Waals surface area (Å²) >= 11 is 1.10. The van der Waals surface area contributed by atoms with Crippen LogP contribution in [0.2, 0.25) is 0 Å².